The van der Waals surface area contributed by atoms with Crippen LogP contribution in [0.15, 0.2) is 24.3 Å². The van der Waals surface area contributed by atoms with E-state index in [1.807, 2.05) is 24.3 Å². The van der Waals surface area contributed by atoms with Gasteiger partial charge in [-0.1, -0.05) is 18.2 Å². The molecule has 2 N–H and O–H groups in total. The van der Waals surface area contributed by atoms with Gasteiger partial charge in [-0.05, 0) is 18.1 Å². The fourth-order valence-electron chi connectivity index (χ4n) is 4.38. The molecule has 5 rings (SSSR count). The summed E-state index contributed by atoms with van der Waals surface area (Å²) in [5.74, 6) is -0.218. The number of aromatic nitrogens is 2. The number of likely N-dealkylation sites (tertiary alicyclic amines) is 1. The third kappa shape index (κ3) is 2.83. The van der Waals surface area contributed by atoms with Crippen LogP contribution in [0.3, 0.4) is 0 Å². The number of halogens is 1. The third-order valence-corrected chi connectivity index (χ3v) is 5.93. The van der Waals surface area contributed by atoms with Crippen molar-refractivity contribution in [3.05, 3.63) is 46.8 Å². The minimum Gasteiger partial charge on any atom is -0.373 e. The number of para-hydroxylation sites is 1. The van der Waals surface area contributed by atoms with Crippen molar-refractivity contribution in [2.75, 3.05) is 25.0 Å². The van der Waals surface area contributed by atoms with Crippen molar-refractivity contribution >= 4 is 17.5 Å². The molecule has 0 aliphatic carbocycles. The first kappa shape index (κ1) is 17.2. The Morgan fingerprint density at radius 2 is 2.04 bits per heavy atom. The molecule has 3 aliphatic heterocycles. The van der Waals surface area contributed by atoms with Crippen molar-refractivity contribution in [3.8, 4) is 0 Å². The summed E-state index contributed by atoms with van der Waals surface area (Å²) >= 11 is 0. The summed E-state index contributed by atoms with van der Waals surface area (Å²) in [5.41, 5.74) is 4.14. The Labute approximate surface area is 161 Å². The minimum absolute atomic E-state index is 0.0337. The number of nitrogens with one attached hydrogen (secondary N) is 2. The molecule has 146 valence electrons. The molecular formula is C20H22FN5O2. The van der Waals surface area contributed by atoms with E-state index in [2.05, 4.69) is 15.5 Å². The standard InChI is InChI=1S/C20H22FN5O2/c21-13-5-7-25(10-13)20(28)18-14-11-26(8-6-16(14)23-24-18)19(27)17-9-12-3-1-2-4-15(12)22-17/h1-4,13,17,22H,5-11H2,(H,23,24)/t13-,17?/m1/s1. The third-order valence-electron chi connectivity index (χ3n) is 5.93. The van der Waals surface area contributed by atoms with E-state index in [0.717, 1.165) is 22.5 Å². The Kier molecular flexibility index (Phi) is 4.07. The molecule has 2 aromatic rings. The second-order valence-corrected chi connectivity index (χ2v) is 7.73. The fourth-order valence-corrected chi connectivity index (χ4v) is 4.38. The zero-order valence-electron chi connectivity index (χ0n) is 15.4. The summed E-state index contributed by atoms with van der Waals surface area (Å²) < 4.78 is 13.5. The molecule has 1 aromatic heterocycles. The number of aromatic amines is 1. The summed E-state index contributed by atoms with van der Waals surface area (Å²) in [7, 11) is 0. The topological polar surface area (TPSA) is 81.3 Å². The van der Waals surface area contributed by atoms with Gasteiger partial charge in [-0.3, -0.25) is 14.7 Å². The van der Waals surface area contributed by atoms with Crippen LogP contribution in [0.25, 0.3) is 0 Å². The highest BCUT2D eigenvalue weighted by Gasteiger charge is 2.35. The molecule has 4 heterocycles. The van der Waals surface area contributed by atoms with Gasteiger partial charge in [0.15, 0.2) is 5.69 Å². The summed E-state index contributed by atoms with van der Waals surface area (Å²) in [5, 5.41) is 10.4. The summed E-state index contributed by atoms with van der Waals surface area (Å²) in [6.07, 6.45) is 0.706. The number of H-pyrrole nitrogens is 1. The molecular weight excluding hydrogens is 361 g/mol. The molecule has 2 amide bonds. The number of benzene rings is 1. The summed E-state index contributed by atoms with van der Waals surface area (Å²) in [6, 6.07) is 7.67. The molecule has 0 bridgehead atoms. The lowest BCUT2D eigenvalue weighted by Crippen LogP contribution is -2.44. The van der Waals surface area contributed by atoms with Gasteiger partial charge >= 0.3 is 0 Å². The molecule has 0 spiro atoms. The van der Waals surface area contributed by atoms with Crippen LogP contribution in [0.5, 0.6) is 0 Å². The zero-order valence-corrected chi connectivity index (χ0v) is 15.4. The fraction of sp³-hybridized carbons (Fsp3) is 0.450. The van der Waals surface area contributed by atoms with Gasteiger partial charge in [-0.2, -0.15) is 5.10 Å². The molecule has 1 saturated heterocycles. The maximum atomic E-state index is 13.5. The number of hydrogen-bond donors (Lipinski definition) is 2. The van der Waals surface area contributed by atoms with E-state index in [1.54, 1.807) is 4.90 Å². The second kappa shape index (κ2) is 6.61. The van der Waals surface area contributed by atoms with Gasteiger partial charge in [0.05, 0.1) is 6.54 Å². The van der Waals surface area contributed by atoms with E-state index in [-0.39, 0.29) is 24.4 Å². The average molecular weight is 383 g/mol. The Hall–Kier alpha value is -2.90. The van der Waals surface area contributed by atoms with Crippen molar-refractivity contribution in [3.63, 3.8) is 0 Å². The van der Waals surface area contributed by atoms with Crippen LogP contribution in [-0.4, -0.2) is 63.7 Å². The molecule has 8 heteroatoms. The van der Waals surface area contributed by atoms with Gasteiger partial charge in [-0.25, -0.2) is 4.39 Å². The number of anilines is 1. The lowest BCUT2D eigenvalue weighted by molar-refractivity contribution is -0.132. The Morgan fingerprint density at radius 1 is 1.18 bits per heavy atom. The highest BCUT2D eigenvalue weighted by molar-refractivity contribution is 5.95. The summed E-state index contributed by atoms with van der Waals surface area (Å²) in [6.45, 7) is 1.47. The van der Waals surface area contributed by atoms with E-state index >= 15 is 0 Å². The first-order valence-corrected chi connectivity index (χ1v) is 9.73. The first-order chi connectivity index (χ1) is 13.6. The maximum absolute atomic E-state index is 13.5. The molecule has 7 nitrogen and oxygen atoms in total. The predicted molar refractivity (Wildman–Crippen MR) is 101 cm³/mol. The van der Waals surface area contributed by atoms with E-state index in [9.17, 15) is 14.0 Å². The van der Waals surface area contributed by atoms with Gasteiger partial charge < -0.3 is 15.1 Å². The molecule has 1 aromatic carbocycles. The number of nitrogens with zero attached hydrogens (tertiary/aromatic N) is 3. The SMILES string of the molecule is O=C(c1n[nH]c2c1CN(C(=O)C1Cc3ccccc3N1)CC2)N1CC[C@@H](F)C1. The zero-order chi connectivity index (χ0) is 19.3. The number of amides is 2. The Morgan fingerprint density at radius 3 is 2.82 bits per heavy atom. The number of fused-ring (bicyclic) bond motifs is 2. The van der Waals surface area contributed by atoms with Gasteiger partial charge in [0.25, 0.3) is 5.91 Å². The molecule has 2 atom stereocenters. The number of rotatable bonds is 2. The second-order valence-electron chi connectivity index (χ2n) is 7.73. The van der Waals surface area contributed by atoms with Gasteiger partial charge in [0.2, 0.25) is 5.91 Å². The molecule has 0 radical (unpaired) electrons. The van der Waals surface area contributed by atoms with Crippen molar-refractivity contribution < 1.29 is 14.0 Å². The van der Waals surface area contributed by atoms with Crippen LogP contribution in [0.4, 0.5) is 10.1 Å². The van der Waals surface area contributed by atoms with Crippen molar-refractivity contribution in [2.24, 2.45) is 0 Å². The quantitative estimate of drug-likeness (QED) is 0.824. The lowest BCUT2D eigenvalue weighted by atomic mass is 10.0. The maximum Gasteiger partial charge on any atom is 0.274 e. The van der Waals surface area contributed by atoms with Crippen LogP contribution < -0.4 is 5.32 Å². The lowest BCUT2D eigenvalue weighted by Gasteiger charge is -2.29. The van der Waals surface area contributed by atoms with Crippen LogP contribution >= 0.6 is 0 Å². The van der Waals surface area contributed by atoms with Crippen LogP contribution in [0, 0.1) is 0 Å². The highest BCUT2D eigenvalue weighted by atomic mass is 19.1. The van der Waals surface area contributed by atoms with E-state index in [4.69, 9.17) is 0 Å². The van der Waals surface area contributed by atoms with Gasteiger partial charge in [-0.15, -0.1) is 0 Å². The smallest absolute Gasteiger partial charge is 0.274 e. The van der Waals surface area contributed by atoms with Crippen molar-refractivity contribution in [1.82, 2.24) is 20.0 Å². The highest BCUT2D eigenvalue weighted by Crippen LogP contribution is 2.28. The van der Waals surface area contributed by atoms with Crippen LogP contribution in [0.1, 0.15) is 33.7 Å². The monoisotopic (exact) mass is 383 g/mol. The Bertz CT molecular complexity index is 917. The molecule has 1 fully saturated rings. The largest absolute Gasteiger partial charge is 0.373 e. The number of alkyl halides is 1. The number of carbonyl (C=O) groups excluding carboxylic acids is 2. The van der Waals surface area contributed by atoms with Crippen molar-refractivity contribution in [1.29, 1.82) is 0 Å². The Balaban J connectivity index is 1.32. The van der Waals surface area contributed by atoms with Crippen molar-refractivity contribution in [2.45, 2.75) is 38.0 Å². The van der Waals surface area contributed by atoms with Crippen LogP contribution in [-0.2, 0) is 24.2 Å². The van der Waals surface area contributed by atoms with E-state index in [0.29, 0.717) is 44.6 Å². The predicted octanol–water partition coefficient (Wildman–Crippen LogP) is 1.52. The summed E-state index contributed by atoms with van der Waals surface area (Å²) in [4.78, 5) is 29.1. The van der Waals surface area contributed by atoms with E-state index in [1.165, 1.54) is 4.90 Å². The number of carbonyl (C=O) groups is 2. The van der Waals surface area contributed by atoms with Gasteiger partial charge in [0, 0.05) is 49.4 Å². The van der Waals surface area contributed by atoms with E-state index < -0.39 is 6.17 Å². The average Bonchev–Trinajstić information content (AvgIpc) is 3.43. The number of hydrogen-bond acceptors (Lipinski definition) is 4. The molecule has 1 unspecified atom stereocenters. The molecule has 28 heavy (non-hydrogen) atoms. The molecule has 0 saturated carbocycles. The van der Waals surface area contributed by atoms with Crippen LogP contribution in [0.2, 0.25) is 0 Å². The minimum atomic E-state index is -0.966. The molecule has 3 aliphatic rings. The normalized spacial score (nSPS) is 23.3. The van der Waals surface area contributed by atoms with Gasteiger partial charge in [0.1, 0.15) is 12.2 Å². The first-order valence-electron chi connectivity index (χ1n) is 9.73.